The lowest BCUT2D eigenvalue weighted by molar-refractivity contribution is -0.193. The summed E-state index contributed by atoms with van der Waals surface area (Å²) in [6, 6.07) is 7.36. The highest BCUT2D eigenvalue weighted by atomic mass is 35.5. The highest BCUT2D eigenvalue weighted by Gasteiger charge is 2.54. The number of hydrogen-bond acceptors (Lipinski definition) is 11. The standard InChI is InChI=1S/C25H21ClF3N9O2.C4F6O2/c26-18-11-31-24-33-17-7-14(9-30-10-17)1-2-15-8-16(32-22(18)34-24)3-4-19(15)40-13-21(39)37-5-6-38-20(12-37)35-36-23(38)25(27,28)29;5-3(6,7)1(11)2(12)4(8,9)10/h3-4,7-11H,1-2,5-6,12-13H2,(H2,31,32,33,34);. The molecule has 3 aromatic heterocycles. The molecule has 4 aromatic rings. The third kappa shape index (κ3) is 9.03. The molecule has 13 nitrogen and oxygen atoms in total. The number of carbonyl (C=O) groups is 3. The summed E-state index contributed by atoms with van der Waals surface area (Å²) >= 11 is 6.32. The van der Waals surface area contributed by atoms with Crippen LogP contribution in [0.3, 0.4) is 0 Å². The predicted octanol–water partition coefficient (Wildman–Crippen LogP) is 5.39. The number of aryl methyl sites for hydroxylation is 2. The Kier molecular flexibility index (Phi) is 10.6. The van der Waals surface area contributed by atoms with Crippen molar-refractivity contribution in [2.24, 2.45) is 0 Å². The molecule has 0 atom stereocenters. The van der Waals surface area contributed by atoms with E-state index in [1.807, 2.05) is 12.1 Å². The monoisotopic (exact) mass is 765 g/mol. The Bertz CT molecular complexity index is 1980. The van der Waals surface area contributed by atoms with Crippen LogP contribution in [-0.2, 0) is 46.5 Å². The van der Waals surface area contributed by atoms with E-state index in [1.165, 1.54) is 11.1 Å². The number of benzene rings is 1. The number of carbonyl (C=O) groups excluding carboxylic acids is 3. The molecule has 1 aromatic carbocycles. The first kappa shape index (κ1) is 37.7. The summed E-state index contributed by atoms with van der Waals surface area (Å²) in [5.41, 5.74) is 3.22. The number of anilines is 4. The van der Waals surface area contributed by atoms with Crippen LogP contribution >= 0.6 is 11.6 Å². The minimum Gasteiger partial charge on any atom is -0.483 e. The van der Waals surface area contributed by atoms with Gasteiger partial charge in [0.2, 0.25) is 11.8 Å². The van der Waals surface area contributed by atoms with Gasteiger partial charge in [0.15, 0.2) is 18.2 Å². The van der Waals surface area contributed by atoms with Gasteiger partial charge < -0.3 is 24.8 Å². The highest BCUT2D eigenvalue weighted by Crippen LogP contribution is 2.32. The molecular weight excluding hydrogens is 745 g/mol. The number of nitrogens with zero attached hydrogens (tertiary/aromatic N) is 7. The molecule has 276 valence electrons. The number of alkyl halides is 9. The highest BCUT2D eigenvalue weighted by molar-refractivity contribution is 6.41. The number of Topliss-reactive ketones (excluding diaryl/α,β-unsaturated/α-hetero) is 2. The van der Waals surface area contributed by atoms with Crippen molar-refractivity contribution in [3.8, 4) is 5.75 Å². The number of rotatable bonds is 4. The van der Waals surface area contributed by atoms with Gasteiger partial charge in [-0.05, 0) is 48.2 Å². The first-order valence-corrected chi connectivity index (χ1v) is 14.9. The number of halogens is 10. The third-order valence-corrected chi connectivity index (χ3v) is 7.51. The zero-order chi connectivity index (χ0) is 38.0. The lowest BCUT2D eigenvalue weighted by atomic mass is 10.0. The van der Waals surface area contributed by atoms with Crippen LogP contribution in [0.2, 0.25) is 5.02 Å². The lowest BCUT2D eigenvalue weighted by Gasteiger charge is -2.28. The van der Waals surface area contributed by atoms with Crippen molar-refractivity contribution in [1.82, 2.24) is 34.6 Å². The van der Waals surface area contributed by atoms with Gasteiger partial charge >= 0.3 is 30.1 Å². The zero-order valence-electron chi connectivity index (χ0n) is 25.8. The van der Waals surface area contributed by atoms with Crippen molar-refractivity contribution >= 4 is 52.2 Å². The molecule has 2 aliphatic rings. The van der Waals surface area contributed by atoms with E-state index in [1.54, 1.807) is 24.5 Å². The average molecular weight is 766 g/mol. The maximum Gasteiger partial charge on any atom is 0.458 e. The molecule has 6 rings (SSSR count). The maximum absolute atomic E-state index is 13.1. The second kappa shape index (κ2) is 14.6. The van der Waals surface area contributed by atoms with Gasteiger partial charge in [0.25, 0.3) is 5.91 Å². The number of amides is 1. The van der Waals surface area contributed by atoms with E-state index in [-0.39, 0.29) is 38.0 Å². The summed E-state index contributed by atoms with van der Waals surface area (Å²) < 4.78 is 113. The van der Waals surface area contributed by atoms with Gasteiger partial charge in [-0.15, -0.1) is 10.2 Å². The quantitative estimate of drug-likeness (QED) is 0.203. The number of aromatic nitrogens is 6. The topological polar surface area (TPSA) is 157 Å². The van der Waals surface area contributed by atoms with Crippen molar-refractivity contribution in [1.29, 1.82) is 0 Å². The Morgan fingerprint density at radius 3 is 2.23 bits per heavy atom. The van der Waals surface area contributed by atoms with Crippen molar-refractivity contribution in [3.05, 3.63) is 70.7 Å². The van der Waals surface area contributed by atoms with Crippen molar-refractivity contribution in [2.75, 3.05) is 23.8 Å². The molecule has 52 heavy (non-hydrogen) atoms. The van der Waals surface area contributed by atoms with Crippen LogP contribution in [-0.4, -0.2) is 77.6 Å². The fourth-order valence-electron chi connectivity index (χ4n) is 4.81. The molecular formula is C29H21ClF9N9O4. The molecule has 0 radical (unpaired) electrons. The van der Waals surface area contributed by atoms with E-state index < -0.39 is 35.9 Å². The van der Waals surface area contributed by atoms with E-state index in [0.29, 0.717) is 41.1 Å². The van der Waals surface area contributed by atoms with Crippen molar-refractivity contribution < 1.29 is 58.6 Å². The van der Waals surface area contributed by atoms with E-state index in [0.717, 1.165) is 21.4 Å². The molecule has 5 heterocycles. The van der Waals surface area contributed by atoms with E-state index in [4.69, 9.17) is 16.3 Å². The molecule has 6 bridgehead atoms. The fourth-order valence-corrected chi connectivity index (χ4v) is 4.95. The molecule has 23 heteroatoms. The van der Waals surface area contributed by atoms with Crippen LogP contribution in [0.1, 0.15) is 22.8 Å². The van der Waals surface area contributed by atoms with Crippen LogP contribution in [0.5, 0.6) is 5.75 Å². The van der Waals surface area contributed by atoms with Crippen LogP contribution in [0.25, 0.3) is 0 Å². The van der Waals surface area contributed by atoms with Gasteiger partial charge in [-0.3, -0.25) is 19.4 Å². The normalized spacial score (nSPS) is 14.2. The Labute approximate surface area is 290 Å². The molecule has 0 spiro atoms. The summed E-state index contributed by atoms with van der Waals surface area (Å²) in [6.45, 7) is -0.336. The molecule has 1 amide bonds. The van der Waals surface area contributed by atoms with Gasteiger partial charge in [-0.25, -0.2) is 4.98 Å². The van der Waals surface area contributed by atoms with Crippen LogP contribution in [0.4, 0.5) is 62.7 Å². The number of ether oxygens (including phenoxy) is 1. The number of pyridine rings is 1. The average Bonchev–Trinajstić information content (AvgIpc) is 3.51. The molecule has 0 fully saturated rings. The SMILES string of the molecule is O=C(C(=O)C(F)(F)F)C(F)(F)F.O=C(COc1ccc2cc1CCc1cncc(c1)Nc1ncc(Cl)c(n1)N2)N1CCn2c(nnc2C(F)(F)F)C1. The first-order chi connectivity index (χ1) is 24.3. The molecule has 2 aliphatic heterocycles. The van der Waals surface area contributed by atoms with E-state index >= 15 is 0 Å². The largest absolute Gasteiger partial charge is 0.483 e. The van der Waals surface area contributed by atoms with Gasteiger partial charge in [0.05, 0.1) is 24.6 Å². The van der Waals surface area contributed by atoms with Gasteiger partial charge in [-0.1, -0.05) is 11.6 Å². The van der Waals surface area contributed by atoms with E-state index in [9.17, 15) is 53.9 Å². The number of ketones is 2. The third-order valence-electron chi connectivity index (χ3n) is 7.23. The lowest BCUT2D eigenvalue weighted by Crippen LogP contribution is -2.41. The summed E-state index contributed by atoms with van der Waals surface area (Å²) in [6.07, 6.45) is -10.0. The minimum atomic E-state index is -5.77. The number of hydrogen-bond donors (Lipinski definition) is 2. The van der Waals surface area contributed by atoms with Gasteiger partial charge in [0.1, 0.15) is 10.8 Å². The Balaban J connectivity index is 0.000000376. The molecule has 2 N–H and O–H groups in total. The molecule has 0 saturated carbocycles. The van der Waals surface area contributed by atoms with Gasteiger partial charge in [-0.2, -0.15) is 44.5 Å². The van der Waals surface area contributed by atoms with Crippen LogP contribution in [0, 0.1) is 0 Å². The smallest absolute Gasteiger partial charge is 0.458 e. The Hall–Kier alpha value is -5.54. The summed E-state index contributed by atoms with van der Waals surface area (Å²) in [5, 5.41) is 13.5. The van der Waals surface area contributed by atoms with Crippen molar-refractivity contribution in [3.63, 3.8) is 0 Å². The van der Waals surface area contributed by atoms with Crippen LogP contribution in [0.15, 0.2) is 42.9 Å². The molecule has 0 saturated heterocycles. The van der Waals surface area contributed by atoms with Crippen molar-refractivity contribution in [2.45, 2.75) is 44.5 Å². The number of fused-ring (bicyclic) bond motifs is 7. The van der Waals surface area contributed by atoms with Crippen LogP contribution < -0.4 is 15.4 Å². The first-order valence-electron chi connectivity index (χ1n) is 14.6. The second-order valence-corrected chi connectivity index (χ2v) is 11.3. The fraction of sp³-hybridized carbons (Fsp3) is 0.310. The number of nitrogens with one attached hydrogen (secondary N) is 2. The maximum atomic E-state index is 13.1. The summed E-state index contributed by atoms with van der Waals surface area (Å²) in [7, 11) is 0. The minimum absolute atomic E-state index is 0.0518. The van der Waals surface area contributed by atoms with Gasteiger partial charge in [0, 0.05) is 25.0 Å². The van der Waals surface area contributed by atoms with E-state index in [2.05, 4.69) is 35.8 Å². The predicted molar refractivity (Wildman–Crippen MR) is 160 cm³/mol. The Morgan fingerprint density at radius 2 is 1.56 bits per heavy atom. The Morgan fingerprint density at radius 1 is 0.846 bits per heavy atom. The molecule has 0 aliphatic carbocycles. The summed E-state index contributed by atoms with van der Waals surface area (Å²) in [4.78, 5) is 46.6. The summed E-state index contributed by atoms with van der Waals surface area (Å²) in [5.74, 6) is -6.90. The molecule has 0 unspecified atom stereocenters. The zero-order valence-corrected chi connectivity index (χ0v) is 26.6. The second-order valence-electron chi connectivity index (χ2n) is 10.9.